The van der Waals surface area contributed by atoms with Crippen LogP contribution >= 0.6 is 0 Å². The third-order valence-electron chi connectivity index (χ3n) is 6.05. The zero-order valence-corrected chi connectivity index (χ0v) is 21.0. The van der Waals surface area contributed by atoms with Crippen molar-refractivity contribution in [1.29, 1.82) is 5.26 Å². The quantitative estimate of drug-likeness (QED) is 0.304. The van der Waals surface area contributed by atoms with Gasteiger partial charge in [-0.2, -0.15) is 5.26 Å². The fourth-order valence-electron chi connectivity index (χ4n) is 2.99. The minimum Gasteiger partial charge on any atom is -0.445 e. The Labute approximate surface area is 194 Å². The largest absolute Gasteiger partial charge is 0.445 e. The van der Waals surface area contributed by atoms with Gasteiger partial charge in [0.15, 0.2) is 8.32 Å². The second-order valence-electron chi connectivity index (χ2n) is 9.55. The van der Waals surface area contributed by atoms with Gasteiger partial charge in [0.25, 0.3) is 0 Å². The van der Waals surface area contributed by atoms with E-state index in [0.29, 0.717) is 26.0 Å². The molecular formula is C26H36N2O3Si. The summed E-state index contributed by atoms with van der Waals surface area (Å²) in [6.07, 6.45) is 0.773. The highest BCUT2D eigenvalue weighted by Gasteiger charge is 2.37. The fraction of sp³-hybridized carbons (Fsp3) is 0.462. The average Bonchev–Trinajstić information content (AvgIpc) is 2.77. The number of carbonyl (C=O) groups is 1. The molecule has 0 aromatic heterocycles. The van der Waals surface area contributed by atoms with Crippen LogP contribution in [0, 0.1) is 11.3 Å². The van der Waals surface area contributed by atoms with E-state index in [-0.39, 0.29) is 11.6 Å². The van der Waals surface area contributed by atoms with Crippen LogP contribution in [0.1, 0.15) is 44.7 Å². The first-order valence-electron chi connectivity index (χ1n) is 11.2. The first kappa shape index (κ1) is 25.6. The van der Waals surface area contributed by atoms with Crippen LogP contribution in [0.25, 0.3) is 0 Å². The molecule has 0 bridgehead atoms. The molecule has 32 heavy (non-hydrogen) atoms. The van der Waals surface area contributed by atoms with Gasteiger partial charge >= 0.3 is 6.09 Å². The van der Waals surface area contributed by atoms with E-state index in [1.165, 1.54) is 4.90 Å². The summed E-state index contributed by atoms with van der Waals surface area (Å²) < 4.78 is 11.8. The highest BCUT2D eigenvalue weighted by Crippen LogP contribution is 2.36. The van der Waals surface area contributed by atoms with Crippen molar-refractivity contribution in [2.45, 2.75) is 70.9 Å². The van der Waals surface area contributed by atoms with Gasteiger partial charge in [0, 0.05) is 6.61 Å². The molecule has 0 aliphatic carbocycles. The topological polar surface area (TPSA) is 62.6 Å². The Hall–Kier alpha value is -2.62. The van der Waals surface area contributed by atoms with Crippen molar-refractivity contribution in [1.82, 2.24) is 4.90 Å². The molecule has 1 atom stereocenters. The van der Waals surface area contributed by atoms with E-state index >= 15 is 0 Å². The second kappa shape index (κ2) is 11.8. The Morgan fingerprint density at radius 2 is 1.59 bits per heavy atom. The Kier molecular flexibility index (Phi) is 9.49. The number of nitrogens with zero attached hydrogens (tertiary/aromatic N) is 2. The van der Waals surface area contributed by atoms with E-state index in [4.69, 9.17) is 9.16 Å². The van der Waals surface area contributed by atoms with Crippen LogP contribution in [0.5, 0.6) is 0 Å². The number of carbonyl (C=O) groups excluding carboxylic acids is 1. The standard InChI is InChI=1S/C26H36N2O3Si/c1-26(2,3)32(4,5)31-18-12-17-24(19-27)28(20-22-13-8-6-9-14-22)25(29)30-21-23-15-10-7-11-16-23/h6-11,13-16,24H,12,17-18,20-21H2,1-5H3. The summed E-state index contributed by atoms with van der Waals surface area (Å²) in [6, 6.07) is 21.0. The maximum atomic E-state index is 13.0. The van der Waals surface area contributed by atoms with Crippen molar-refractivity contribution < 1.29 is 14.0 Å². The van der Waals surface area contributed by atoms with Gasteiger partial charge in [0.1, 0.15) is 12.6 Å². The van der Waals surface area contributed by atoms with Crippen LogP contribution in [0.3, 0.4) is 0 Å². The van der Waals surface area contributed by atoms with E-state index < -0.39 is 20.5 Å². The summed E-state index contributed by atoms with van der Waals surface area (Å²) in [4.78, 5) is 14.5. The summed E-state index contributed by atoms with van der Waals surface area (Å²) >= 11 is 0. The van der Waals surface area contributed by atoms with E-state index in [9.17, 15) is 10.1 Å². The third kappa shape index (κ3) is 7.81. The van der Waals surface area contributed by atoms with Gasteiger partial charge in [-0.25, -0.2) is 4.79 Å². The first-order chi connectivity index (χ1) is 15.1. The van der Waals surface area contributed by atoms with E-state index in [2.05, 4.69) is 39.9 Å². The van der Waals surface area contributed by atoms with Gasteiger partial charge in [-0.1, -0.05) is 81.4 Å². The SMILES string of the molecule is CC(C)(C)[Si](C)(C)OCCCC(C#N)N(Cc1ccccc1)C(=O)OCc1ccccc1. The molecule has 6 heteroatoms. The Balaban J connectivity index is 2.03. The van der Waals surface area contributed by atoms with Crippen LogP contribution in [0.2, 0.25) is 18.1 Å². The van der Waals surface area contributed by atoms with Crippen LogP contribution < -0.4 is 0 Å². The van der Waals surface area contributed by atoms with E-state index in [1.54, 1.807) is 0 Å². The van der Waals surface area contributed by atoms with Crippen LogP contribution in [-0.4, -0.2) is 32.0 Å². The van der Waals surface area contributed by atoms with Crippen LogP contribution in [0.4, 0.5) is 4.79 Å². The lowest BCUT2D eigenvalue weighted by Gasteiger charge is -2.36. The smallest absolute Gasteiger partial charge is 0.411 e. The summed E-state index contributed by atoms with van der Waals surface area (Å²) in [5.74, 6) is 0. The van der Waals surface area contributed by atoms with Crippen LogP contribution in [-0.2, 0) is 22.3 Å². The number of benzene rings is 2. The molecule has 0 saturated heterocycles. The lowest BCUT2D eigenvalue weighted by atomic mass is 10.1. The zero-order valence-electron chi connectivity index (χ0n) is 20.0. The molecule has 0 N–H and O–H groups in total. The molecule has 1 amide bonds. The second-order valence-corrected chi connectivity index (χ2v) is 14.4. The Bertz CT molecular complexity index is 873. The number of ether oxygens (including phenoxy) is 1. The highest BCUT2D eigenvalue weighted by atomic mass is 28.4. The molecule has 0 fully saturated rings. The fourth-order valence-corrected chi connectivity index (χ4v) is 4.08. The summed E-state index contributed by atoms with van der Waals surface area (Å²) in [5.41, 5.74) is 1.87. The highest BCUT2D eigenvalue weighted by molar-refractivity contribution is 6.74. The van der Waals surface area contributed by atoms with Crippen molar-refractivity contribution in [3.05, 3.63) is 71.8 Å². The third-order valence-corrected chi connectivity index (χ3v) is 10.6. The maximum Gasteiger partial charge on any atom is 0.411 e. The lowest BCUT2D eigenvalue weighted by molar-refractivity contribution is 0.0828. The molecule has 2 aromatic carbocycles. The van der Waals surface area contributed by atoms with Gasteiger partial charge in [-0.15, -0.1) is 0 Å². The molecule has 1 unspecified atom stereocenters. The van der Waals surface area contributed by atoms with Gasteiger partial charge < -0.3 is 9.16 Å². The maximum absolute atomic E-state index is 13.0. The molecular weight excluding hydrogens is 416 g/mol. The number of rotatable bonds is 10. The molecule has 0 saturated carbocycles. The van der Waals surface area contributed by atoms with Gasteiger partial charge in [-0.3, -0.25) is 4.90 Å². The van der Waals surface area contributed by atoms with Crippen molar-refractivity contribution >= 4 is 14.4 Å². The minimum absolute atomic E-state index is 0.141. The average molecular weight is 453 g/mol. The molecule has 2 aromatic rings. The summed E-state index contributed by atoms with van der Waals surface area (Å²) in [7, 11) is -1.84. The number of hydrogen-bond acceptors (Lipinski definition) is 4. The zero-order chi connectivity index (χ0) is 23.6. The Morgan fingerprint density at radius 1 is 1.03 bits per heavy atom. The van der Waals surface area contributed by atoms with E-state index in [1.807, 2.05) is 60.7 Å². The summed E-state index contributed by atoms with van der Waals surface area (Å²) in [5, 5.41) is 10.0. The van der Waals surface area contributed by atoms with Crippen molar-refractivity contribution in [3.63, 3.8) is 0 Å². The molecule has 0 aliphatic rings. The Morgan fingerprint density at radius 3 is 2.12 bits per heavy atom. The van der Waals surface area contributed by atoms with Crippen molar-refractivity contribution in [2.75, 3.05) is 6.61 Å². The van der Waals surface area contributed by atoms with Crippen molar-refractivity contribution in [2.24, 2.45) is 0 Å². The van der Waals surface area contributed by atoms with Crippen molar-refractivity contribution in [3.8, 4) is 6.07 Å². The molecule has 0 heterocycles. The molecule has 0 spiro atoms. The summed E-state index contributed by atoms with van der Waals surface area (Å²) in [6.45, 7) is 12.2. The first-order valence-corrected chi connectivity index (χ1v) is 14.1. The minimum atomic E-state index is -1.84. The molecule has 172 valence electrons. The van der Waals surface area contributed by atoms with E-state index in [0.717, 1.165) is 11.1 Å². The predicted molar refractivity (Wildman–Crippen MR) is 130 cm³/mol. The number of amides is 1. The molecule has 5 nitrogen and oxygen atoms in total. The molecule has 2 rings (SSSR count). The number of hydrogen-bond donors (Lipinski definition) is 0. The normalized spacial score (nSPS) is 12.6. The number of nitriles is 1. The predicted octanol–water partition coefficient (Wildman–Crippen LogP) is 6.52. The van der Waals surface area contributed by atoms with Gasteiger partial charge in [0.2, 0.25) is 0 Å². The molecule has 0 radical (unpaired) electrons. The van der Waals surface area contributed by atoms with Gasteiger partial charge in [-0.05, 0) is 42.1 Å². The molecule has 0 aliphatic heterocycles. The van der Waals surface area contributed by atoms with Gasteiger partial charge in [0.05, 0.1) is 12.6 Å². The van der Waals surface area contributed by atoms with Crippen LogP contribution in [0.15, 0.2) is 60.7 Å². The lowest BCUT2D eigenvalue weighted by Crippen LogP contribution is -2.42. The monoisotopic (exact) mass is 452 g/mol.